The van der Waals surface area contributed by atoms with E-state index in [1.165, 1.54) is 0 Å². The first kappa shape index (κ1) is 13.1. The van der Waals surface area contributed by atoms with Gasteiger partial charge in [0.25, 0.3) is 0 Å². The highest BCUT2D eigenvalue weighted by atomic mass is 16.3. The van der Waals surface area contributed by atoms with Crippen LogP contribution in [0, 0.1) is 18.3 Å². The number of hydrogen-bond acceptors (Lipinski definition) is 3. The molecule has 96 valence electrons. The van der Waals surface area contributed by atoms with E-state index in [1.807, 2.05) is 55.5 Å². The zero-order valence-corrected chi connectivity index (χ0v) is 10.8. The number of rotatable bonds is 4. The van der Waals surface area contributed by atoms with Crippen LogP contribution >= 0.6 is 0 Å². The lowest BCUT2D eigenvalue weighted by Crippen LogP contribution is -2.15. The summed E-state index contributed by atoms with van der Waals surface area (Å²) >= 11 is 0. The molecule has 0 fully saturated rings. The van der Waals surface area contributed by atoms with Crippen LogP contribution in [0.2, 0.25) is 0 Å². The van der Waals surface area contributed by atoms with Crippen LogP contribution < -0.4 is 5.32 Å². The molecule has 0 heterocycles. The van der Waals surface area contributed by atoms with Crippen LogP contribution in [0.4, 0.5) is 5.69 Å². The predicted octanol–water partition coefficient (Wildman–Crippen LogP) is 3.01. The van der Waals surface area contributed by atoms with Crippen LogP contribution in [0.25, 0.3) is 0 Å². The summed E-state index contributed by atoms with van der Waals surface area (Å²) in [6, 6.07) is 17.3. The number of aliphatic hydroxyl groups is 1. The minimum absolute atomic E-state index is 0.0250. The molecule has 2 aromatic carbocycles. The van der Waals surface area contributed by atoms with E-state index in [-0.39, 0.29) is 12.6 Å². The second kappa shape index (κ2) is 6.03. The standard InChI is InChI=1S/C16H16N2O/c1-12-7-8-15(14(9-12)10-17)18-16(11-19)13-5-3-2-4-6-13/h2-9,16,18-19H,11H2,1H3. The van der Waals surface area contributed by atoms with E-state index in [1.54, 1.807) is 0 Å². The van der Waals surface area contributed by atoms with Gasteiger partial charge in [-0.3, -0.25) is 0 Å². The Morgan fingerprint density at radius 3 is 2.58 bits per heavy atom. The maximum atomic E-state index is 9.51. The van der Waals surface area contributed by atoms with Crippen molar-refractivity contribution >= 4 is 5.69 Å². The van der Waals surface area contributed by atoms with E-state index in [0.717, 1.165) is 16.8 Å². The summed E-state index contributed by atoms with van der Waals surface area (Å²) in [6.07, 6.45) is 0. The normalized spacial score (nSPS) is 11.6. The molecule has 0 aliphatic rings. The van der Waals surface area contributed by atoms with Crippen molar-refractivity contribution < 1.29 is 5.11 Å². The minimum Gasteiger partial charge on any atom is -0.394 e. The molecule has 0 bridgehead atoms. The van der Waals surface area contributed by atoms with E-state index in [0.29, 0.717) is 5.56 Å². The third-order valence-corrected chi connectivity index (χ3v) is 3.01. The number of nitrogens with zero attached hydrogens (tertiary/aromatic N) is 1. The highest BCUT2D eigenvalue weighted by Crippen LogP contribution is 2.23. The maximum Gasteiger partial charge on any atom is 0.101 e. The van der Waals surface area contributed by atoms with Crippen molar-refractivity contribution in [3.63, 3.8) is 0 Å². The average molecular weight is 252 g/mol. The first-order valence-electron chi connectivity index (χ1n) is 6.17. The third-order valence-electron chi connectivity index (χ3n) is 3.01. The highest BCUT2D eigenvalue weighted by Gasteiger charge is 2.11. The molecule has 0 aromatic heterocycles. The third kappa shape index (κ3) is 3.12. The molecule has 3 heteroatoms. The fourth-order valence-corrected chi connectivity index (χ4v) is 1.98. The monoisotopic (exact) mass is 252 g/mol. The zero-order valence-electron chi connectivity index (χ0n) is 10.8. The summed E-state index contributed by atoms with van der Waals surface area (Å²) in [6.45, 7) is 1.92. The van der Waals surface area contributed by atoms with Gasteiger partial charge < -0.3 is 10.4 Å². The van der Waals surface area contributed by atoms with Crippen molar-refractivity contribution in [1.29, 1.82) is 5.26 Å². The number of nitrogens with one attached hydrogen (secondary N) is 1. The van der Waals surface area contributed by atoms with Crippen LogP contribution in [0.1, 0.15) is 22.7 Å². The Morgan fingerprint density at radius 2 is 1.95 bits per heavy atom. The Kier molecular flexibility index (Phi) is 4.17. The van der Waals surface area contributed by atoms with Crippen LogP contribution in [0.5, 0.6) is 0 Å². The number of anilines is 1. The summed E-state index contributed by atoms with van der Waals surface area (Å²) in [4.78, 5) is 0. The number of hydrogen-bond donors (Lipinski definition) is 2. The van der Waals surface area contributed by atoms with Gasteiger partial charge in [0.05, 0.1) is 23.9 Å². The Morgan fingerprint density at radius 1 is 1.21 bits per heavy atom. The van der Waals surface area contributed by atoms with Crippen molar-refractivity contribution in [2.75, 3.05) is 11.9 Å². The molecule has 2 N–H and O–H groups in total. The predicted molar refractivity (Wildman–Crippen MR) is 75.8 cm³/mol. The van der Waals surface area contributed by atoms with Crippen LogP contribution in [0.15, 0.2) is 48.5 Å². The SMILES string of the molecule is Cc1ccc(NC(CO)c2ccccc2)c(C#N)c1. The van der Waals surface area contributed by atoms with Gasteiger partial charge in [-0.1, -0.05) is 36.4 Å². The molecule has 0 aliphatic carbocycles. The van der Waals surface area contributed by atoms with E-state index in [4.69, 9.17) is 5.26 Å². The lowest BCUT2D eigenvalue weighted by Gasteiger charge is -2.19. The topological polar surface area (TPSA) is 56.0 Å². The molecular weight excluding hydrogens is 236 g/mol. The first-order valence-corrected chi connectivity index (χ1v) is 6.17. The molecule has 0 saturated carbocycles. The first-order chi connectivity index (χ1) is 9.24. The molecule has 0 aliphatic heterocycles. The minimum atomic E-state index is -0.212. The van der Waals surface area contributed by atoms with Crippen molar-refractivity contribution in [1.82, 2.24) is 0 Å². The van der Waals surface area contributed by atoms with Gasteiger partial charge in [0.15, 0.2) is 0 Å². The van der Waals surface area contributed by atoms with Crippen molar-refractivity contribution in [3.05, 3.63) is 65.2 Å². The molecule has 0 amide bonds. The molecule has 3 nitrogen and oxygen atoms in total. The average Bonchev–Trinajstić information content (AvgIpc) is 2.46. The van der Waals surface area contributed by atoms with E-state index >= 15 is 0 Å². The summed E-state index contributed by atoms with van der Waals surface area (Å²) in [5.41, 5.74) is 3.38. The fraction of sp³-hybridized carbons (Fsp3) is 0.188. The van der Waals surface area contributed by atoms with E-state index in [2.05, 4.69) is 11.4 Å². The smallest absolute Gasteiger partial charge is 0.101 e. The van der Waals surface area contributed by atoms with Crippen molar-refractivity contribution in [3.8, 4) is 6.07 Å². The molecule has 1 atom stereocenters. The quantitative estimate of drug-likeness (QED) is 0.879. The fourth-order valence-electron chi connectivity index (χ4n) is 1.98. The second-order valence-corrected chi connectivity index (χ2v) is 4.45. The Balaban J connectivity index is 2.27. The summed E-state index contributed by atoms with van der Waals surface area (Å²) in [5, 5.41) is 21.9. The Hall–Kier alpha value is -2.31. The van der Waals surface area contributed by atoms with Gasteiger partial charge in [0, 0.05) is 0 Å². The molecule has 19 heavy (non-hydrogen) atoms. The number of aliphatic hydroxyl groups excluding tert-OH is 1. The van der Waals surface area contributed by atoms with Crippen LogP contribution in [-0.4, -0.2) is 11.7 Å². The molecule has 0 radical (unpaired) electrons. The molecule has 2 aromatic rings. The summed E-state index contributed by atoms with van der Waals surface area (Å²) < 4.78 is 0. The van der Waals surface area contributed by atoms with Gasteiger partial charge in [-0.2, -0.15) is 5.26 Å². The number of aryl methyl sites for hydroxylation is 1. The summed E-state index contributed by atoms with van der Waals surface area (Å²) in [5.74, 6) is 0. The number of nitriles is 1. The molecule has 2 rings (SSSR count). The van der Waals surface area contributed by atoms with Gasteiger partial charge in [-0.15, -0.1) is 0 Å². The van der Waals surface area contributed by atoms with Gasteiger partial charge in [-0.05, 0) is 30.2 Å². The zero-order chi connectivity index (χ0) is 13.7. The second-order valence-electron chi connectivity index (χ2n) is 4.45. The lowest BCUT2D eigenvalue weighted by atomic mass is 10.1. The van der Waals surface area contributed by atoms with Crippen molar-refractivity contribution in [2.24, 2.45) is 0 Å². The van der Waals surface area contributed by atoms with Crippen LogP contribution in [0.3, 0.4) is 0 Å². The summed E-state index contributed by atoms with van der Waals surface area (Å²) in [7, 11) is 0. The molecular formula is C16H16N2O. The van der Waals surface area contributed by atoms with Crippen molar-refractivity contribution in [2.45, 2.75) is 13.0 Å². The van der Waals surface area contributed by atoms with E-state index < -0.39 is 0 Å². The van der Waals surface area contributed by atoms with Gasteiger partial charge in [0.1, 0.15) is 6.07 Å². The maximum absolute atomic E-state index is 9.51. The number of benzene rings is 2. The highest BCUT2D eigenvalue weighted by molar-refractivity contribution is 5.59. The molecule has 1 unspecified atom stereocenters. The molecule has 0 saturated heterocycles. The van der Waals surface area contributed by atoms with Gasteiger partial charge in [0.2, 0.25) is 0 Å². The Labute approximate surface area is 113 Å². The molecule has 0 spiro atoms. The van der Waals surface area contributed by atoms with Crippen LogP contribution in [-0.2, 0) is 0 Å². The van der Waals surface area contributed by atoms with E-state index in [9.17, 15) is 5.11 Å². The lowest BCUT2D eigenvalue weighted by molar-refractivity contribution is 0.276. The largest absolute Gasteiger partial charge is 0.394 e. The van der Waals surface area contributed by atoms with Gasteiger partial charge in [-0.25, -0.2) is 0 Å². The van der Waals surface area contributed by atoms with Gasteiger partial charge >= 0.3 is 0 Å². The Bertz CT molecular complexity index is 587.